The predicted molar refractivity (Wildman–Crippen MR) is 44.9 cm³/mol. The van der Waals surface area contributed by atoms with Crippen LogP contribution in [0.15, 0.2) is 21.5 Å². The molecule has 0 fully saturated rings. The second-order valence-electron chi connectivity index (χ2n) is 2.24. The van der Waals surface area contributed by atoms with E-state index in [-0.39, 0.29) is 30.0 Å². The van der Waals surface area contributed by atoms with Gasteiger partial charge in [0.2, 0.25) is 5.43 Å². The monoisotopic (exact) mass is 180 g/mol. The van der Waals surface area contributed by atoms with Gasteiger partial charge in [0.05, 0.1) is 0 Å². The van der Waals surface area contributed by atoms with Crippen molar-refractivity contribution >= 4 is 0 Å². The molecule has 0 aliphatic heterocycles. The predicted octanol–water partition coefficient (Wildman–Crippen LogP) is -0.524. The third kappa shape index (κ3) is 2.44. The van der Waals surface area contributed by atoms with Crippen molar-refractivity contribution in [2.24, 2.45) is 0 Å². The van der Waals surface area contributed by atoms with Crippen LogP contribution in [0.1, 0.15) is 11.3 Å². The van der Waals surface area contributed by atoms with Crippen molar-refractivity contribution < 1.29 is 14.6 Å². The van der Waals surface area contributed by atoms with Gasteiger partial charge in [0.1, 0.15) is 30.8 Å². The van der Waals surface area contributed by atoms with Gasteiger partial charge in [-0.25, -0.2) is 0 Å². The molecule has 1 rings (SSSR count). The summed E-state index contributed by atoms with van der Waals surface area (Å²) in [5.74, 6) is 4.95. The Morgan fingerprint density at radius 1 is 1.46 bits per heavy atom. The van der Waals surface area contributed by atoms with Gasteiger partial charge in [-0.3, -0.25) is 4.79 Å². The smallest absolute Gasteiger partial charge is 0.200 e. The first-order valence-corrected chi connectivity index (χ1v) is 3.60. The van der Waals surface area contributed by atoms with E-state index in [1.807, 2.05) is 0 Å². The topological polar surface area (TPSA) is 70.7 Å². The van der Waals surface area contributed by atoms with Crippen molar-refractivity contribution in [1.29, 1.82) is 0 Å². The molecule has 13 heavy (non-hydrogen) atoms. The van der Waals surface area contributed by atoms with Crippen LogP contribution in [0.3, 0.4) is 0 Å². The van der Waals surface area contributed by atoms with Gasteiger partial charge in [-0.1, -0.05) is 11.8 Å². The van der Waals surface area contributed by atoms with Crippen molar-refractivity contribution in [2.45, 2.75) is 6.61 Å². The van der Waals surface area contributed by atoms with Gasteiger partial charge in [-0.05, 0) is 0 Å². The van der Waals surface area contributed by atoms with E-state index < -0.39 is 0 Å². The quantitative estimate of drug-likeness (QED) is 0.570. The van der Waals surface area contributed by atoms with Crippen LogP contribution in [0.2, 0.25) is 0 Å². The molecule has 0 saturated heterocycles. The molecule has 0 saturated carbocycles. The van der Waals surface area contributed by atoms with Crippen LogP contribution in [-0.4, -0.2) is 16.8 Å². The molecule has 4 heteroatoms. The van der Waals surface area contributed by atoms with Gasteiger partial charge in [0, 0.05) is 6.07 Å². The summed E-state index contributed by atoms with van der Waals surface area (Å²) in [6, 6.07) is 1.17. The lowest BCUT2D eigenvalue weighted by Crippen LogP contribution is -2.05. The lowest BCUT2D eigenvalue weighted by molar-refractivity contribution is 0.243. The summed E-state index contributed by atoms with van der Waals surface area (Å²) in [7, 11) is 0. The zero-order valence-corrected chi connectivity index (χ0v) is 6.78. The molecular formula is C9H8O4. The number of hydrogen-bond donors (Lipinski definition) is 2. The Bertz CT molecular complexity index is 394. The average molecular weight is 180 g/mol. The van der Waals surface area contributed by atoms with E-state index in [0.29, 0.717) is 0 Å². The normalized spacial score (nSPS) is 9.08. The highest BCUT2D eigenvalue weighted by Crippen LogP contribution is 1.96. The van der Waals surface area contributed by atoms with Crippen molar-refractivity contribution in [2.75, 3.05) is 6.61 Å². The minimum Gasteiger partial charge on any atom is -0.465 e. The molecular weight excluding hydrogens is 172 g/mol. The molecule has 0 aliphatic rings. The van der Waals surface area contributed by atoms with E-state index in [9.17, 15) is 4.79 Å². The van der Waals surface area contributed by atoms with Crippen molar-refractivity contribution in [3.63, 3.8) is 0 Å². The molecule has 68 valence electrons. The maximum Gasteiger partial charge on any atom is 0.200 e. The molecule has 0 atom stereocenters. The van der Waals surface area contributed by atoms with E-state index in [1.165, 1.54) is 6.07 Å². The van der Waals surface area contributed by atoms with E-state index in [1.54, 1.807) is 0 Å². The molecule has 2 N–H and O–H groups in total. The molecule has 0 spiro atoms. The minimum atomic E-state index is -0.323. The fourth-order valence-corrected chi connectivity index (χ4v) is 0.759. The molecule has 1 aromatic rings. The number of aliphatic hydroxyl groups excluding tert-OH is 2. The highest BCUT2D eigenvalue weighted by molar-refractivity contribution is 5.31. The zero-order chi connectivity index (χ0) is 9.68. The third-order valence-corrected chi connectivity index (χ3v) is 1.34. The molecule has 0 bridgehead atoms. The maximum atomic E-state index is 11.1. The minimum absolute atomic E-state index is 0.172. The van der Waals surface area contributed by atoms with Crippen LogP contribution in [-0.2, 0) is 6.61 Å². The first kappa shape index (κ1) is 9.52. The SMILES string of the molecule is O=c1cc(CO)occ1C#CCO. The molecule has 0 aromatic carbocycles. The Labute approximate surface area is 74.4 Å². The summed E-state index contributed by atoms with van der Waals surface area (Å²) >= 11 is 0. The van der Waals surface area contributed by atoms with E-state index in [0.717, 1.165) is 6.26 Å². The van der Waals surface area contributed by atoms with Crippen LogP contribution in [0.4, 0.5) is 0 Å². The number of rotatable bonds is 1. The highest BCUT2D eigenvalue weighted by Gasteiger charge is 1.98. The number of hydrogen-bond acceptors (Lipinski definition) is 4. The summed E-state index contributed by atoms with van der Waals surface area (Å²) in [5.41, 5.74) is -0.150. The van der Waals surface area contributed by atoms with Crippen LogP contribution >= 0.6 is 0 Å². The van der Waals surface area contributed by atoms with Gasteiger partial charge in [0.15, 0.2) is 0 Å². The molecule has 0 unspecified atom stereocenters. The van der Waals surface area contributed by atoms with Gasteiger partial charge in [-0.2, -0.15) is 0 Å². The fourth-order valence-electron chi connectivity index (χ4n) is 0.759. The Morgan fingerprint density at radius 2 is 2.23 bits per heavy atom. The Kier molecular flexibility index (Phi) is 3.26. The van der Waals surface area contributed by atoms with Gasteiger partial charge < -0.3 is 14.6 Å². The number of aliphatic hydroxyl groups is 2. The second-order valence-corrected chi connectivity index (χ2v) is 2.24. The summed E-state index contributed by atoms with van der Waals surface area (Å²) in [4.78, 5) is 11.1. The average Bonchev–Trinajstić information content (AvgIpc) is 2.16. The van der Waals surface area contributed by atoms with Crippen LogP contribution in [0, 0.1) is 11.8 Å². The first-order valence-electron chi connectivity index (χ1n) is 3.60. The van der Waals surface area contributed by atoms with Crippen LogP contribution in [0.25, 0.3) is 0 Å². The van der Waals surface area contributed by atoms with Gasteiger partial charge in [0.25, 0.3) is 0 Å². The summed E-state index contributed by atoms with van der Waals surface area (Å²) in [5, 5.41) is 17.0. The Balaban J connectivity index is 3.06. The van der Waals surface area contributed by atoms with Gasteiger partial charge in [-0.15, -0.1) is 0 Å². The molecule has 0 amide bonds. The fraction of sp³-hybridized carbons (Fsp3) is 0.222. The van der Waals surface area contributed by atoms with Crippen molar-refractivity contribution in [1.82, 2.24) is 0 Å². The third-order valence-electron chi connectivity index (χ3n) is 1.34. The molecule has 0 aliphatic carbocycles. The standard InChI is InChI=1S/C9H8O4/c10-3-1-2-7-6-13-8(5-11)4-9(7)12/h4,6,10-11H,3,5H2. The second kappa shape index (κ2) is 4.45. The lowest BCUT2D eigenvalue weighted by atomic mass is 10.2. The lowest BCUT2D eigenvalue weighted by Gasteiger charge is -1.93. The Hall–Kier alpha value is -1.57. The van der Waals surface area contributed by atoms with Crippen LogP contribution in [0.5, 0.6) is 0 Å². The summed E-state index contributed by atoms with van der Waals surface area (Å²) < 4.78 is 4.85. The zero-order valence-electron chi connectivity index (χ0n) is 6.78. The van der Waals surface area contributed by atoms with E-state index in [2.05, 4.69) is 11.8 Å². The van der Waals surface area contributed by atoms with Crippen LogP contribution < -0.4 is 5.43 Å². The van der Waals surface area contributed by atoms with Crippen molar-refractivity contribution in [3.05, 3.63) is 33.9 Å². The largest absolute Gasteiger partial charge is 0.465 e. The first-order chi connectivity index (χ1) is 6.27. The van der Waals surface area contributed by atoms with E-state index in [4.69, 9.17) is 14.6 Å². The molecule has 1 aromatic heterocycles. The molecule has 4 nitrogen and oxygen atoms in total. The summed E-state index contributed by atoms with van der Waals surface area (Å²) in [6.45, 7) is -0.621. The molecule has 1 heterocycles. The summed E-state index contributed by atoms with van der Waals surface area (Å²) in [6.07, 6.45) is 1.16. The Morgan fingerprint density at radius 3 is 2.77 bits per heavy atom. The molecule has 0 radical (unpaired) electrons. The van der Waals surface area contributed by atoms with E-state index >= 15 is 0 Å². The van der Waals surface area contributed by atoms with Crippen molar-refractivity contribution in [3.8, 4) is 11.8 Å². The maximum absolute atomic E-state index is 11.1. The highest BCUT2D eigenvalue weighted by atomic mass is 16.4. The van der Waals surface area contributed by atoms with Gasteiger partial charge >= 0.3 is 0 Å².